The lowest BCUT2D eigenvalue weighted by atomic mass is 10.1. The number of phosphoric acid groups is 1. The summed E-state index contributed by atoms with van der Waals surface area (Å²) < 4.78 is 43.2. The molecule has 9 N–H and O–H groups in total. The number of terminal acetylenes is 1. The van der Waals surface area contributed by atoms with E-state index in [4.69, 9.17) is 41.1 Å². The van der Waals surface area contributed by atoms with Crippen LogP contribution in [-0.2, 0) is 27.8 Å². The zero-order valence-corrected chi connectivity index (χ0v) is 24.2. The molecule has 240 valence electrons. The van der Waals surface area contributed by atoms with Gasteiger partial charge in [-0.15, -0.1) is 6.42 Å². The maximum Gasteiger partial charge on any atom is 0.472 e. The molecule has 0 amide bonds. The molecule has 0 bridgehead atoms. The normalized spacial score (nSPS) is 29.8. The van der Waals surface area contributed by atoms with Crippen molar-refractivity contribution in [3.63, 3.8) is 0 Å². The molecule has 0 saturated carbocycles. The number of aromatic amines is 1. The summed E-state index contributed by atoms with van der Waals surface area (Å²) in [5, 5.41) is 32.3. The quantitative estimate of drug-likeness (QED) is 0.0768. The second-order valence-corrected chi connectivity index (χ2v) is 11.5. The largest absolute Gasteiger partial charge is 0.472 e. The summed E-state index contributed by atoms with van der Waals surface area (Å²) in [6.07, 6.45) is -2.11. The number of aromatic nitrogens is 7. The van der Waals surface area contributed by atoms with Crippen LogP contribution in [0.3, 0.4) is 0 Å². The first kappa shape index (κ1) is 31.0. The minimum atomic E-state index is -5.07. The fourth-order valence-corrected chi connectivity index (χ4v) is 6.28. The van der Waals surface area contributed by atoms with Crippen LogP contribution >= 0.6 is 7.82 Å². The van der Waals surface area contributed by atoms with Crippen LogP contribution in [0.15, 0.2) is 23.6 Å². The molecule has 9 atom stereocenters. The van der Waals surface area contributed by atoms with E-state index in [2.05, 4.69) is 30.8 Å². The van der Waals surface area contributed by atoms with E-state index in [1.807, 2.05) is 0 Å². The predicted molar refractivity (Wildman–Crippen MR) is 151 cm³/mol. The highest BCUT2D eigenvalue weighted by molar-refractivity contribution is 7.47. The number of nitrogen functional groups attached to an aromatic ring is 2. The van der Waals surface area contributed by atoms with E-state index in [0.29, 0.717) is 10.9 Å². The smallest absolute Gasteiger partial charge is 0.386 e. The minimum Gasteiger partial charge on any atom is -0.386 e. The van der Waals surface area contributed by atoms with Crippen LogP contribution in [0.2, 0.25) is 0 Å². The summed E-state index contributed by atoms with van der Waals surface area (Å²) >= 11 is 0. The SMILES string of the molecule is C#Cc1cn(C2OC(COP(=O)(O)OC3C(O)C(O)OC3n3cnc4c(=O)[nH]c(N)nc43)C(OCC)C2O)c2ncnc(N)c12. The first-order chi connectivity index (χ1) is 21.4. The number of aliphatic hydroxyl groups is 3. The summed E-state index contributed by atoms with van der Waals surface area (Å²) in [6, 6.07) is 0. The lowest BCUT2D eigenvalue weighted by Gasteiger charge is -2.25. The topological polar surface area (TPSA) is 290 Å². The lowest BCUT2D eigenvalue weighted by Crippen LogP contribution is -2.37. The van der Waals surface area contributed by atoms with Gasteiger partial charge in [-0.2, -0.15) is 4.98 Å². The van der Waals surface area contributed by atoms with Gasteiger partial charge in [0, 0.05) is 12.8 Å². The fourth-order valence-electron chi connectivity index (χ4n) is 5.34. The minimum absolute atomic E-state index is 0.110. The molecule has 2 aliphatic rings. The van der Waals surface area contributed by atoms with Gasteiger partial charge in [0.25, 0.3) is 5.56 Å². The molecule has 20 nitrogen and oxygen atoms in total. The Bertz CT molecular complexity index is 1890. The van der Waals surface area contributed by atoms with Crippen molar-refractivity contribution in [1.82, 2.24) is 34.1 Å². The molecule has 4 aromatic rings. The number of anilines is 2. The molecule has 0 aliphatic carbocycles. The maximum atomic E-state index is 13.1. The monoisotopic (exact) mass is 649 g/mol. The molecule has 9 unspecified atom stereocenters. The van der Waals surface area contributed by atoms with Crippen molar-refractivity contribution in [2.45, 2.75) is 56.2 Å². The molecule has 0 radical (unpaired) electrons. The van der Waals surface area contributed by atoms with Crippen LogP contribution in [0, 0.1) is 12.3 Å². The third-order valence-electron chi connectivity index (χ3n) is 7.31. The lowest BCUT2D eigenvalue weighted by molar-refractivity contribution is -0.141. The van der Waals surface area contributed by atoms with E-state index in [1.165, 1.54) is 17.1 Å². The molecule has 45 heavy (non-hydrogen) atoms. The highest BCUT2D eigenvalue weighted by atomic mass is 31.2. The van der Waals surface area contributed by atoms with Crippen LogP contribution in [0.25, 0.3) is 22.2 Å². The number of ether oxygens (including phenoxy) is 3. The molecule has 4 aromatic heterocycles. The Kier molecular flexibility index (Phi) is 8.09. The number of phosphoric ester groups is 1. The predicted octanol–water partition coefficient (Wildman–Crippen LogP) is -1.92. The number of imidazole rings is 1. The third-order valence-corrected chi connectivity index (χ3v) is 8.29. The third kappa shape index (κ3) is 5.44. The van der Waals surface area contributed by atoms with Gasteiger partial charge < -0.3 is 50.5 Å². The van der Waals surface area contributed by atoms with Crippen molar-refractivity contribution in [1.29, 1.82) is 0 Å². The Hall–Kier alpha value is -4.00. The van der Waals surface area contributed by atoms with Gasteiger partial charge in [-0.3, -0.25) is 23.4 Å². The second-order valence-electron chi connectivity index (χ2n) is 10.0. The number of H-pyrrole nitrogens is 1. The second kappa shape index (κ2) is 11.7. The van der Waals surface area contributed by atoms with E-state index >= 15 is 0 Å². The summed E-state index contributed by atoms with van der Waals surface area (Å²) in [5.74, 6) is 2.35. The number of hydrogen-bond acceptors (Lipinski definition) is 16. The number of hydrogen-bond donors (Lipinski definition) is 7. The molecule has 6 rings (SSSR count). The van der Waals surface area contributed by atoms with Crippen LogP contribution in [0.1, 0.15) is 24.9 Å². The molecule has 0 aromatic carbocycles. The van der Waals surface area contributed by atoms with Gasteiger partial charge >= 0.3 is 7.82 Å². The molecule has 0 spiro atoms. The standard InChI is InChI=1S/C24H28N9O11P/c1-3-9-5-32(18-11(9)17(25)27-7-28-18)21-13(34)15(40-4-2)10(42-21)6-41-45(38,39)44-16-14(35)23(37)43-22(16)33-8-29-12-19(33)30-24(26)31-20(12)36/h1,5,7-8,10,13-16,21-23,34-35,37H,4,6H2,2H3,(H,38,39)(H2,25,27,28)(H3,26,30,31,36). The van der Waals surface area contributed by atoms with Crippen molar-refractivity contribution in [3.8, 4) is 12.3 Å². The summed E-state index contributed by atoms with van der Waals surface area (Å²) in [4.78, 5) is 41.2. The Balaban J connectivity index is 1.22. The number of rotatable bonds is 9. The van der Waals surface area contributed by atoms with E-state index in [0.717, 1.165) is 10.9 Å². The van der Waals surface area contributed by atoms with Crippen LogP contribution in [0.5, 0.6) is 0 Å². The van der Waals surface area contributed by atoms with Crippen LogP contribution < -0.4 is 17.0 Å². The number of nitrogens with one attached hydrogen (secondary N) is 1. The number of nitrogens with two attached hydrogens (primary N) is 2. The van der Waals surface area contributed by atoms with Gasteiger partial charge in [0.1, 0.15) is 48.3 Å². The first-order valence-electron chi connectivity index (χ1n) is 13.4. The van der Waals surface area contributed by atoms with Crippen molar-refractivity contribution >= 4 is 41.8 Å². The van der Waals surface area contributed by atoms with Gasteiger partial charge in [0.05, 0.1) is 23.9 Å². The zero-order chi connectivity index (χ0) is 32.2. The van der Waals surface area contributed by atoms with Gasteiger partial charge in [-0.25, -0.2) is 19.5 Å². The van der Waals surface area contributed by atoms with Crippen LogP contribution in [-0.4, -0.2) is 104 Å². The van der Waals surface area contributed by atoms with Crippen molar-refractivity contribution in [3.05, 3.63) is 34.8 Å². The maximum absolute atomic E-state index is 13.1. The summed E-state index contributed by atoms with van der Waals surface area (Å²) in [7, 11) is -5.07. The Morgan fingerprint density at radius 2 is 1.89 bits per heavy atom. The number of nitrogens with zero attached hydrogens (tertiary/aromatic N) is 6. The first-order valence-corrected chi connectivity index (χ1v) is 14.9. The van der Waals surface area contributed by atoms with Crippen molar-refractivity contribution < 1.29 is 48.0 Å². The highest BCUT2D eigenvalue weighted by Crippen LogP contribution is 2.50. The molecular weight excluding hydrogens is 621 g/mol. The summed E-state index contributed by atoms with van der Waals surface area (Å²) in [6.45, 7) is 1.18. The van der Waals surface area contributed by atoms with Gasteiger partial charge in [0.15, 0.2) is 29.9 Å². The van der Waals surface area contributed by atoms with Gasteiger partial charge in [-0.05, 0) is 6.92 Å². The van der Waals surface area contributed by atoms with Crippen molar-refractivity contribution in [2.24, 2.45) is 0 Å². The molecule has 2 aliphatic heterocycles. The molecule has 2 fully saturated rings. The van der Waals surface area contributed by atoms with Crippen molar-refractivity contribution in [2.75, 3.05) is 24.7 Å². The summed E-state index contributed by atoms with van der Waals surface area (Å²) in [5.41, 5.74) is 11.3. The molecule has 6 heterocycles. The van der Waals surface area contributed by atoms with E-state index in [9.17, 15) is 29.6 Å². The fraction of sp³-hybridized carbons (Fsp3) is 0.458. The number of fused-ring (bicyclic) bond motifs is 2. The molecule has 21 heteroatoms. The Labute approximate surface area is 252 Å². The molecule has 2 saturated heterocycles. The van der Waals surface area contributed by atoms with Gasteiger partial charge in [-0.1, -0.05) is 5.92 Å². The van der Waals surface area contributed by atoms with E-state index in [1.54, 1.807) is 6.92 Å². The molecular formula is C24H28N9O11P. The number of aliphatic hydroxyl groups excluding tert-OH is 3. The van der Waals surface area contributed by atoms with E-state index < -0.39 is 69.3 Å². The van der Waals surface area contributed by atoms with E-state index in [-0.39, 0.29) is 35.2 Å². The average Bonchev–Trinajstić information content (AvgIpc) is 3.73. The van der Waals surface area contributed by atoms with Crippen LogP contribution in [0.4, 0.5) is 11.8 Å². The van der Waals surface area contributed by atoms with Gasteiger partial charge in [0.2, 0.25) is 5.95 Å². The average molecular weight is 650 g/mol. The highest BCUT2D eigenvalue weighted by Gasteiger charge is 2.51. The Morgan fingerprint density at radius 3 is 2.62 bits per heavy atom. The zero-order valence-electron chi connectivity index (χ0n) is 23.3. The Morgan fingerprint density at radius 1 is 1.11 bits per heavy atom.